The van der Waals surface area contributed by atoms with Gasteiger partial charge < -0.3 is 15.2 Å². The number of nitrogens with two attached hydrogens (primary N) is 1. The summed E-state index contributed by atoms with van der Waals surface area (Å²) < 4.78 is 10.6. The summed E-state index contributed by atoms with van der Waals surface area (Å²) in [6, 6.07) is 13.7. The Morgan fingerprint density at radius 2 is 1.83 bits per heavy atom. The van der Waals surface area contributed by atoms with Gasteiger partial charge in [0, 0.05) is 0 Å². The molecular formula is C15H17NO2. The summed E-state index contributed by atoms with van der Waals surface area (Å²) in [6.45, 7) is 2.63. The lowest BCUT2D eigenvalue weighted by Gasteiger charge is -2.09. The van der Waals surface area contributed by atoms with E-state index in [0.717, 1.165) is 16.9 Å². The molecule has 18 heavy (non-hydrogen) atoms. The number of hydrogen-bond acceptors (Lipinski definition) is 3. The molecule has 0 bridgehead atoms. The van der Waals surface area contributed by atoms with Crippen LogP contribution in [0.15, 0.2) is 42.5 Å². The van der Waals surface area contributed by atoms with E-state index in [2.05, 4.69) is 0 Å². The Kier molecular flexibility index (Phi) is 3.72. The topological polar surface area (TPSA) is 44.5 Å². The van der Waals surface area contributed by atoms with Crippen molar-refractivity contribution in [2.75, 3.05) is 19.5 Å². The zero-order valence-corrected chi connectivity index (χ0v) is 10.6. The molecule has 0 unspecified atom stereocenters. The van der Waals surface area contributed by atoms with Crippen LogP contribution >= 0.6 is 0 Å². The molecule has 0 saturated carbocycles. The fourth-order valence-electron chi connectivity index (χ4n) is 1.85. The van der Waals surface area contributed by atoms with Crippen molar-refractivity contribution in [2.24, 2.45) is 0 Å². The fraction of sp³-hybridized carbons (Fsp3) is 0.200. The van der Waals surface area contributed by atoms with Gasteiger partial charge in [-0.15, -0.1) is 0 Å². The standard InChI is InChI=1S/C15H17NO2/c1-3-18-13-6-4-5-11(9-13)12-7-8-15(17-2)14(16)10-12/h4-10H,3,16H2,1-2H3. The quantitative estimate of drug-likeness (QED) is 0.837. The van der Waals surface area contributed by atoms with Crippen molar-refractivity contribution < 1.29 is 9.47 Å². The molecule has 0 fully saturated rings. The molecule has 2 aromatic carbocycles. The Bertz CT molecular complexity index is 538. The lowest BCUT2D eigenvalue weighted by atomic mass is 10.0. The third kappa shape index (κ3) is 2.56. The minimum absolute atomic E-state index is 0.636. The molecule has 0 atom stereocenters. The van der Waals surface area contributed by atoms with Crippen LogP contribution in [0.4, 0.5) is 5.69 Å². The second-order valence-corrected chi connectivity index (χ2v) is 3.92. The summed E-state index contributed by atoms with van der Waals surface area (Å²) in [5.74, 6) is 1.56. The first-order valence-corrected chi connectivity index (χ1v) is 5.91. The highest BCUT2D eigenvalue weighted by molar-refractivity contribution is 5.71. The van der Waals surface area contributed by atoms with Crippen molar-refractivity contribution in [3.8, 4) is 22.6 Å². The predicted octanol–water partition coefficient (Wildman–Crippen LogP) is 3.34. The summed E-state index contributed by atoms with van der Waals surface area (Å²) in [7, 11) is 1.61. The highest BCUT2D eigenvalue weighted by Crippen LogP contribution is 2.29. The summed E-state index contributed by atoms with van der Waals surface area (Å²) in [5.41, 5.74) is 8.68. The number of nitrogen functional groups attached to an aromatic ring is 1. The Hall–Kier alpha value is -2.16. The molecule has 0 amide bonds. The molecule has 3 heteroatoms. The zero-order chi connectivity index (χ0) is 13.0. The predicted molar refractivity (Wildman–Crippen MR) is 74.0 cm³/mol. The third-order valence-corrected chi connectivity index (χ3v) is 2.71. The van der Waals surface area contributed by atoms with Gasteiger partial charge in [0.2, 0.25) is 0 Å². The fourth-order valence-corrected chi connectivity index (χ4v) is 1.85. The van der Waals surface area contributed by atoms with Crippen LogP contribution in [0, 0.1) is 0 Å². The second kappa shape index (κ2) is 5.45. The van der Waals surface area contributed by atoms with E-state index in [1.54, 1.807) is 7.11 Å². The number of rotatable bonds is 4. The minimum Gasteiger partial charge on any atom is -0.495 e. The van der Waals surface area contributed by atoms with E-state index >= 15 is 0 Å². The first kappa shape index (κ1) is 12.3. The van der Waals surface area contributed by atoms with Crippen LogP contribution in [0.25, 0.3) is 11.1 Å². The maximum absolute atomic E-state index is 5.91. The minimum atomic E-state index is 0.636. The highest BCUT2D eigenvalue weighted by Gasteiger charge is 2.04. The number of benzene rings is 2. The van der Waals surface area contributed by atoms with Crippen molar-refractivity contribution in [3.05, 3.63) is 42.5 Å². The molecule has 94 valence electrons. The van der Waals surface area contributed by atoms with Gasteiger partial charge in [-0.1, -0.05) is 18.2 Å². The zero-order valence-electron chi connectivity index (χ0n) is 10.6. The molecule has 2 N–H and O–H groups in total. The van der Waals surface area contributed by atoms with Gasteiger partial charge >= 0.3 is 0 Å². The van der Waals surface area contributed by atoms with Gasteiger partial charge in [0.05, 0.1) is 19.4 Å². The van der Waals surface area contributed by atoms with E-state index in [9.17, 15) is 0 Å². The summed E-state index contributed by atoms with van der Waals surface area (Å²) in [5, 5.41) is 0. The molecule has 0 radical (unpaired) electrons. The summed E-state index contributed by atoms with van der Waals surface area (Å²) in [4.78, 5) is 0. The van der Waals surface area contributed by atoms with Crippen molar-refractivity contribution >= 4 is 5.69 Å². The van der Waals surface area contributed by atoms with Gasteiger partial charge in [-0.25, -0.2) is 0 Å². The molecule has 0 heterocycles. The molecule has 3 nitrogen and oxygen atoms in total. The largest absolute Gasteiger partial charge is 0.495 e. The molecule has 0 saturated heterocycles. The summed E-state index contributed by atoms with van der Waals surface area (Å²) >= 11 is 0. The average molecular weight is 243 g/mol. The van der Waals surface area contributed by atoms with Crippen molar-refractivity contribution in [3.63, 3.8) is 0 Å². The first-order chi connectivity index (χ1) is 8.74. The smallest absolute Gasteiger partial charge is 0.141 e. The first-order valence-electron chi connectivity index (χ1n) is 5.91. The van der Waals surface area contributed by atoms with Gasteiger partial charge in [0.25, 0.3) is 0 Å². The Balaban J connectivity index is 2.36. The normalized spacial score (nSPS) is 10.1. The molecular weight excluding hydrogens is 226 g/mol. The highest BCUT2D eigenvalue weighted by atomic mass is 16.5. The van der Waals surface area contributed by atoms with Crippen LogP contribution in [-0.2, 0) is 0 Å². The van der Waals surface area contributed by atoms with Crippen LogP contribution in [0.5, 0.6) is 11.5 Å². The van der Waals surface area contributed by atoms with E-state index in [4.69, 9.17) is 15.2 Å². The van der Waals surface area contributed by atoms with Gasteiger partial charge in [0.1, 0.15) is 11.5 Å². The monoisotopic (exact) mass is 243 g/mol. The Labute approximate surface area is 107 Å². The van der Waals surface area contributed by atoms with Crippen LogP contribution in [-0.4, -0.2) is 13.7 Å². The van der Waals surface area contributed by atoms with Crippen molar-refractivity contribution in [1.29, 1.82) is 0 Å². The molecule has 0 aliphatic carbocycles. The van der Waals surface area contributed by atoms with Crippen molar-refractivity contribution in [1.82, 2.24) is 0 Å². The van der Waals surface area contributed by atoms with E-state index in [1.807, 2.05) is 49.4 Å². The van der Waals surface area contributed by atoms with Crippen molar-refractivity contribution in [2.45, 2.75) is 6.92 Å². The number of anilines is 1. The lowest BCUT2D eigenvalue weighted by molar-refractivity contribution is 0.340. The third-order valence-electron chi connectivity index (χ3n) is 2.71. The van der Waals surface area contributed by atoms with Gasteiger partial charge in [0.15, 0.2) is 0 Å². The van der Waals surface area contributed by atoms with E-state index in [1.165, 1.54) is 0 Å². The molecule has 0 aliphatic rings. The van der Waals surface area contributed by atoms with Gasteiger partial charge in [-0.3, -0.25) is 0 Å². The SMILES string of the molecule is CCOc1cccc(-c2ccc(OC)c(N)c2)c1. The molecule has 2 aromatic rings. The number of methoxy groups -OCH3 is 1. The van der Waals surface area contributed by atoms with E-state index in [0.29, 0.717) is 18.0 Å². The van der Waals surface area contributed by atoms with Crippen LogP contribution < -0.4 is 15.2 Å². The molecule has 0 aromatic heterocycles. The van der Waals surface area contributed by atoms with Gasteiger partial charge in [-0.2, -0.15) is 0 Å². The molecule has 0 aliphatic heterocycles. The van der Waals surface area contributed by atoms with Crippen LogP contribution in [0.3, 0.4) is 0 Å². The van der Waals surface area contributed by atoms with Crippen LogP contribution in [0.2, 0.25) is 0 Å². The summed E-state index contributed by atoms with van der Waals surface area (Å²) in [6.07, 6.45) is 0. The Morgan fingerprint density at radius 1 is 1.06 bits per heavy atom. The second-order valence-electron chi connectivity index (χ2n) is 3.92. The van der Waals surface area contributed by atoms with E-state index in [-0.39, 0.29) is 0 Å². The molecule has 2 rings (SSSR count). The lowest BCUT2D eigenvalue weighted by Crippen LogP contribution is -1.93. The van der Waals surface area contributed by atoms with Crippen LogP contribution in [0.1, 0.15) is 6.92 Å². The van der Waals surface area contributed by atoms with Gasteiger partial charge in [-0.05, 0) is 42.3 Å². The average Bonchev–Trinajstić information content (AvgIpc) is 2.39. The number of hydrogen-bond donors (Lipinski definition) is 1. The molecule has 0 spiro atoms. The number of ether oxygens (including phenoxy) is 2. The van der Waals surface area contributed by atoms with E-state index < -0.39 is 0 Å². The maximum atomic E-state index is 5.91. The Morgan fingerprint density at radius 3 is 2.50 bits per heavy atom. The maximum Gasteiger partial charge on any atom is 0.141 e.